The molecule has 0 fully saturated rings. The number of nitrogens with zero attached hydrogens (tertiary/aromatic N) is 4. The monoisotopic (exact) mass is 315 g/mol. The molecular formula is C19H17N5. The fourth-order valence-electron chi connectivity index (χ4n) is 2.23. The number of hydrogen-bond acceptors (Lipinski definition) is 5. The highest BCUT2D eigenvalue weighted by Crippen LogP contribution is 2.24. The Kier molecular flexibility index (Phi) is 4.62. The second-order valence-electron chi connectivity index (χ2n) is 5.00. The van der Waals surface area contributed by atoms with Crippen LogP contribution >= 0.6 is 0 Å². The molecule has 0 aliphatic rings. The van der Waals surface area contributed by atoms with Crippen LogP contribution in [0.3, 0.4) is 0 Å². The standard InChI is InChI=1S/C19H17N5/c1-15(16-9-5-3-6-10-16)24(20-2)18-13-14-21-19(23-18)22-17-11-7-4-8-12-17/h3-14H,1-2H2,(H,21,22,23). The van der Waals surface area contributed by atoms with Gasteiger partial charge in [0.1, 0.15) is 0 Å². The summed E-state index contributed by atoms with van der Waals surface area (Å²) in [5, 5.41) is 8.80. The van der Waals surface area contributed by atoms with E-state index >= 15 is 0 Å². The molecule has 0 saturated carbocycles. The zero-order valence-corrected chi connectivity index (χ0v) is 13.1. The lowest BCUT2D eigenvalue weighted by atomic mass is 10.2. The van der Waals surface area contributed by atoms with Crippen molar-refractivity contribution in [3.8, 4) is 0 Å². The zero-order valence-electron chi connectivity index (χ0n) is 13.1. The third-order valence-electron chi connectivity index (χ3n) is 3.39. The third-order valence-corrected chi connectivity index (χ3v) is 3.39. The Hall–Kier alpha value is -3.47. The first-order chi connectivity index (χ1) is 11.8. The fourth-order valence-corrected chi connectivity index (χ4v) is 2.23. The number of benzene rings is 2. The maximum absolute atomic E-state index is 4.49. The Balaban J connectivity index is 1.86. The molecule has 2 aromatic carbocycles. The molecule has 0 unspecified atom stereocenters. The second kappa shape index (κ2) is 7.19. The minimum atomic E-state index is 0.480. The molecule has 0 saturated heterocycles. The van der Waals surface area contributed by atoms with Crippen LogP contribution in [0.15, 0.2) is 84.6 Å². The Morgan fingerprint density at radius 1 is 0.958 bits per heavy atom. The van der Waals surface area contributed by atoms with E-state index in [-0.39, 0.29) is 0 Å². The fraction of sp³-hybridized carbons (Fsp3) is 0. The summed E-state index contributed by atoms with van der Waals surface area (Å²) < 4.78 is 0. The highest BCUT2D eigenvalue weighted by molar-refractivity contribution is 5.76. The Bertz CT molecular complexity index is 831. The van der Waals surface area contributed by atoms with Gasteiger partial charge in [-0.15, -0.1) is 0 Å². The van der Waals surface area contributed by atoms with Gasteiger partial charge in [-0.1, -0.05) is 55.1 Å². The van der Waals surface area contributed by atoms with Gasteiger partial charge in [-0.2, -0.15) is 10.1 Å². The van der Waals surface area contributed by atoms with Crippen molar-refractivity contribution in [2.75, 3.05) is 10.3 Å². The molecule has 1 N–H and O–H groups in total. The van der Waals surface area contributed by atoms with Crippen molar-refractivity contribution in [3.05, 3.63) is 85.1 Å². The number of nitrogens with one attached hydrogen (secondary N) is 1. The van der Waals surface area contributed by atoms with Crippen LogP contribution in [0.2, 0.25) is 0 Å². The topological polar surface area (TPSA) is 53.4 Å². The molecule has 0 aliphatic carbocycles. The summed E-state index contributed by atoms with van der Waals surface area (Å²) in [4.78, 5) is 8.74. The van der Waals surface area contributed by atoms with E-state index in [1.54, 1.807) is 17.3 Å². The molecule has 24 heavy (non-hydrogen) atoms. The van der Waals surface area contributed by atoms with E-state index < -0.39 is 0 Å². The van der Waals surface area contributed by atoms with Crippen molar-refractivity contribution in [2.24, 2.45) is 5.10 Å². The van der Waals surface area contributed by atoms with Gasteiger partial charge < -0.3 is 5.32 Å². The maximum atomic E-state index is 4.49. The van der Waals surface area contributed by atoms with Crippen LogP contribution in [0, 0.1) is 0 Å². The van der Waals surface area contributed by atoms with Gasteiger partial charge in [-0.25, -0.2) is 9.99 Å². The summed E-state index contributed by atoms with van der Waals surface area (Å²) in [6, 6.07) is 21.3. The molecule has 5 heteroatoms. The van der Waals surface area contributed by atoms with Gasteiger partial charge in [0, 0.05) is 24.7 Å². The van der Waals surface area contributed by atoms with Gasteiger partial charge in [-0.3, -0.25) is 0 Å². The summed E-state index contributed by atoms with van der Waals surface area (Å²) in [6.07, 6.45) is 1.67. The Morgan fingerprint density at radius 2 is 1.62 bits per heavy atom. The van der Waals surface area contributed by atoms with Crippen LogP contribution in [0.4, 0.5) is 17.5 Å². The lowest BCUT2D eigenvalue weighted by molar-refractivity contribution is 1.03. The molecule has 0 aliphatic heterocycles. The van der Waals surface area contributed by atoms with Crippen LogP contribution in [-0.4, -0.2) is 16.7 Å². The van der Waals surface area contributed by atoms with Crippen molar-refractivity contribution in [1.82, 2.24) is 9.97 Å². The molecular weight excluding hydrogens is 298 g/mol. The van der Waals surface area contributed by atoms with E-state index in [1.165, 1.54) is 0 Å². The average Bonchev–Trinajstić information content (AvgIpc) is 2.64. The largest absolute Gasteiger partial charge is 0.324 e. The van der Waals surface area contributed by atoms with Crippen LogP contribution in [0.25, 0.3) is 5.70 Å². The average molecular weight is 315 g/mol. The Labute approximate surface area is 141 Å². The van der Waals surface area contributed by atoms with Crippen LogP contribution in [-0.2, 0) is 0 Å². The van der Waals surface area contributed by atoms with Crippen molar-refractivity contribution >= 4 is 29.9 Å². The van der Waals surface area contributed by atoms with Crippen LogP contribution in [0.1, 0.15) is 5.56 Å². The lowest BCUT2D eigenvalue weighted by Crippen LogP contribution is -2.15. The molecule has 3 aromatic rings. The summed E-state index contributed by atoms with van der Waals surface area (Å²) >= 11 is 0. The van der Waals surface area contributed by atoms with E-state index in [1.807, 2.05) is 60.7 Å². The molecule has 5 nitrogen and oxygen atoms in total. The van der Waals surface area contributed by atoms with Crippen LogP contribution < -0.4 is 10.3 Å². The first-order valence-electron chi connectivity index (χ1n) is 7.44. The predicted molar refractivity (Wildman–Crippen MR) is 99.3 cm³/mol. The number of para-hydroxylation sites is 1. The predicted octanol–water partition coefficient (Wildman–Crippen LogP) is 4.31. The van der Waals surface area contributed by atoms with Crippen molar-refractivity contribution in [2.45, 2.75) is 0 Å². The summed E-state index contributed by atoms with van der Waals surface area (Å²) in [5.74, 6) is 1.07. The number of hydrazone groups is 1. The minimum absolute atomic E-state index is 0.480. The van der Waals surface area contributed by atoms with E-state index in [4.69, 9.17) is 0 Å². The first-order valence-corrected chi connectivity index (χ1v) is 7.44. The maximum Gasteiger partial charge on any atom is 0.229 e. The normalized spacial score (nSPS) is 10.0. The van der Waals surface area contributed by atoms with E-state index in [0.717, 1.165) is 11.3 Å². The minimum Gasteiger partial charge on any atom is -0.324 e. The number of hydrogen-bond donors (Lipinski definition) is 1. The summed E-state index contributed by atoms with van der Waals surface area (Å²) in [5.41, 5.74) is 2.55. The molecule has 118 valence electrons. The highest BCUT2D eigenvalue weighted by Gasteiger charge is 2.13. The molecule has 0 atom stereocenters. The first kappa shape index (κ1) is 15.4. The van der Waals surface area contributed by atoms with Gasteiger partial charge in [0.25, 0.3) is 0 Å². The molecule has 0 bridgehead atoms. The van der Waals surface area contributed by atoms with Gasteiger partial charge in [0.05, 0.1) is 5.70 Å². The van der Waals surface area contributed by atoms with Crippen molar-refractivity contribution in [3.63, 3.8) is 0 Å². The zero-order chi connectivity index (χ0) is 16.8. The van der Waals surface area contributed by atoms with E-state index in [9.17, 15) is 0 Å². The molecule has 1 heterocycles. The summed E-state index contributed by atoms with van der Waals surface area (Å²) in [6.45, 7) is 7.73. The Morgan fingerprint density at radius 3 is 2.29 bits per heavy atom. The number of rotatable bonds is 6. The third kappa shape index (κ3) is 3.47. The van der Waals surface area contributed by atoms with Gasteiger partial charge in [0.15, 0.2) is 5.82 Å². The van der Waals surface area contributed by atoms with Gasteiger partial charge >= 0.3 is 0 Å². The SMILES string of the molecule is C=NN(C(=C)c1ccccc1)c1ccnc(Nc2ccccc2)n1. The smallest absolute Gasteiger partial charge is 0.229 e. The molecule has 0 spiro atoms. The summed E-state index contributed by atoms with van der Waals surface area (Å²) in [7, 11) is 0. The lowest BCUT2D eigenvalue weighted by Gasteiger charge is -2.20. The van der Waals surface area contributed by atoms with Crippen molar-refractivity contribution in [1.29, 1.82) is 0 Å². The number of anilines is 3. The molecule has 3 rings (SSSR count). The van der Waals surface area contributed by atoms with Crippen LogP contribution in [0.5, 0.6) is 0 Å². The van der Waals surface area contributed by atoms with Gasteiger partial charge in [0.2, 0.25) is 5.95 Å². The van der Waals surface area contributed by atoms with Gasteiger partial charge in [-0.05, 0) is 17.7 Å². The van der Waals surface area contributed by atoms with E-state index in [2.05, 4.69) is 33.7 Å². The highest BCUT2D eigenvalue weighted by atomic mass is 15.5. The molecule has 0 amide bonds. The molecule has 1 aromatic heterocycles. The quantitative estimate of drug-likeness (QED) is 0.544. The van der Waals surface area contributed by atoms with Crippen molar-refractivity contribution < 1.29 is 0 Å². The second-order valence-corrected chi connectivity index (χ2v) is 5.00. The number of aromatic nitrogens is 2. The molecule has 0 radical (unpaired) electrons. The van der Waals surface area contributed by atoms with E-state index in [0.29, 0.717) is 17.5 Å².